The Balaban J connectivity index is 1.47. The lowest BCUT2D eigenvalue weighted by Gasteiger charge is -2.44. The molecule has 0 aromatic heterocycles. The molecule has 0 atom stereocenters. The van der Waals surface area contributed by atoms with Gasteiger partial charge in [-0.2, -0.15) is 0 Å². The van der Waals surface area contributed by atoms with Gasteiger partial charge >= 0.3 is 0 Å². The van der Waals surface area contributed by atoms with Gasteiger partial charge in [0.15, 0.2) is 0 Å². The Morgan fingerprint density at radius 2 is 1.69 bits per heavy atom. The van der Waals surface area contributed by atoms with Crippen molar-refractivity contribution in [1.82, 2.24) is 4.90 Å². The minimum Gasteiger partial charge on any atom is -0.392 e. The Labute approximate surface area is 151 Å². The number of amides is 2. The molecule has 2 aliphatic rings. The highest BCUT2D eigenvalue weighted by Gasteiger charge is 2.45. The predicted octanol–water partition coefficient (Wildman–Crippen LogP) is 2.22. The molecular formula is C20H21N3O3. The topological polar surface area (TPSA) is 81.7 Å². The van der Waals surface area contributed by atoms with Crippen LogP contribution in [0.15, 0.2) is 48.5 Å². The Morgan fingerprint density at radius 3 is 2.35 bits per heavy atom. The molecule has 1 saturated heterocycles. The van der Waals surface area contributed by atoms with Crippen molar-refractivity contribution in [3.63, 3.8) is 0 Å². The van der Waals surface area contributed by atoms with Gasteiger partial charge in [0, 0.05) is 18.7 Å². The van der Waals surface area contributed by atoms with Crippen LogP contribution in [0.25, 0.3) is 0 Å². The molecule has 2 aromatic rings. The number of aliphatic hydroxyl groups excluding tert-OH is 1. The summed E-state index contributed by atoms with van der Waals surface area (Å²) in [6, 6.07) is 14.6. The monoisotopic (exact) mass is 351 g/mol. The summed E-state index contributed by atoms with van der Waals surface area (Å²) in [5, 5.41) is 15.5. The first-order chi connectivity index (χ1) is 12.6. The number of para-hydroxylation sites is 2. The third-order valence-corrected chi connectivity index (χ3v) is 5.27. The summed E-state index contributed by atoms with van der Waals surface area (Å²) >= 11 is 0. The van der Waals surface area contributed by atoms with Crippen molar-refractivity contribution in [2.75, 3.05) is 23.7 Å². The van der Waals surface area contributed by atoms with Gasteiger partial charge < -0.3 is 20.6 Å². The van der Waals surface area contributed by atoms with E-state index in [4.69, 9.17) is 5.11 Å². The van der Waals surface area contributed by atoms with Crippen LogP contribution in [0.3, 0.4) is 0 Å². The highest BCUT2D eigenvalue weighted by molar-refractivity contribution is 6.06. The zero-order valence-electron chi connectivity index (χ0n) is 14.4. The molecule has 2 heterocycles. The number of anilines is 2. The van der Waals surface area contributed by atoms with Gasteiger partial charge in [0.1, 0.15) is 5.54 Å². The average molecular weight is 351 g/mol. The van der Waals surface area contributed by atoms with Crippen molar-refractivity contribution >= 4 is 23.2 Å². The predicted molar refractivity (Wildman–Crippen MR) is 98.9 cm³/mol. The normalized spacial score (nSPS) is 18.0. The van der Waals surface area contributed by atoms with Crippen molar-refractivity contribution < 1.29 is 14.7 Å². The summed E-state index contributed by atoms with van der Waals surface area (Å²) in [5.74, 6) is -0.0726. The van der Waals surface area contributed by atoms with Crippen LogP contribution in [0, 0.1) is 0 Å². The maximum atomic E-state index is 12.7. The molecule has 4 rings (SSSR count). The van der Waals surface area contributed by atoms with Gasteiger partial charge in [-0.3, -0.25) is 9.59 Å². The summed E-state index contributed by atoms with van der Waals surface area (Å²) in [4.78, 5) is 27.1. The van der Waals surface area contributed by atoms with Gasteiger partial charge in [-0.25, -0.2) is 0 Å². The van der Waals surface area contributed by atoms with E-state index in [-0.39, 0.29) is 18.4 Å². The van der Waals surface area contributed by atoms with Gasteiger partial charge in [0.05, 0.1) is 18.0 Å². The van der Waals surface area contributed by atoms with E-state index in [2.05, 4.69) is 10.6 Å². The number of nitrogens with one attached hydrogen (secondary N) is 2. The van der Waals surface area contributed by atoms with Crippen molar-refractivity contribution in [1.29, 1.82) is 0 Å². The molecule has 134 valence electrons. The lowest BCUT2D eigenvalue weighted by atomic mass is 9.84. The van der Waals surface area contributed by atoms with E-state index in [0.717, 1.165) is 16.9 Å². The Hall–Kier alpha value is -2.86. The average Bonchev–Trinajstić information content (AvgIpc) is 2.69. The number of hydrogen-bond donors (Lipinski definition) is 3. The number of carbonyl (C=O) groups excluding carboxylic acids is 2. The summed E-state index contributed by atoms with van der Waals surface area (Å²) in [5.41, 5.74) is 2.44. The molecule has 6 nitrogen and oxygen atoms in total. The van der Waals surface area contributed by atoms with Crippen LogP contribution in [0.2, 0.25) is 0 Å². The maximum absolute atomic E-state index is 12.7. The zero-order chi connectivity index (χ0) is 18.1. The largest absolute Gasteiger partial charge is 0.392 e. The molecule has 26 heavy (non-hydrogen) atoms. The SMILES string of the molecule is O=C(c1ccc(CO)cc1)N1CCC2(CC1)Nc1ccccc1NC2=O. The Morgan fingerprint density at radius 1 is 1.04 bits per heavy atom. The van der Waals surface area contributed by atoms with Crippen molar-refractivity contribution in [2.45, 2.75) is 25.0 Å². The van der Waals surface area contributed by atoms with Crippen molar-refractivity contribution in [2.24, 2.45) is 0 Å². The second kappa shape index (κ2) is 6.46. The van der Waals surface area contributed by atoms with Crippen LogP contribution >= 0.6 is 0 Å². The van der Waals surface area contributed by atoms with Crippen molar-refractivity contribution in [3.05, 3.63) is 59.7 Å². The molecule has 1 fully saturated rings. The molecule has 2 aromatic carbocycles. The van der Waals surface area contributed by atoms with E-state index >= 15 is 0 Å². The number of fused-ring (bicyclic) bond motifs is 1. The second-order valence-electron chi connectivity index (χ2n) is 6.85. The number of hydrogen-bond acceptors (Lipinski definition) is 4. The fourth-order valence-corrected chi connectivity index (χ4v) is 3.64. The molecule has 0 radical (unpaired) electrons. The fraction of sp³-hybridized carbons (Fsp3) is 0.300. The van der Waals surface area contributed by atoms with Crippen LogP contribution in [0.1, 0.15) is 28.8 Å². The smallest absolute Gasteiger partial charge is 0.253 e. The molecular weight excluding hydrogens is 330 g/mol. The van der Waals surface area contributed by atoms with Gasteiger partial charge in [-0.05, 0) is 42.7 Å². The number of nitrogens with zero attached hydrogens (tertiary/aromatic N) is 1. The van der Waals surface area contributed by atoms with Crippen molar-refractivity contribution in [3.8, 4) is 0 Å². The number of piperidine rings is 1. The minimum absolute atomic E-state index is 0.0319. The van der Waals surface area contributed by atoms with Crippen LogP contribution < -0.4 is 10.6 Å². The first-order valence-corrected chi connectivity index (χ1v) is 8.79. The number of carbonyl (C=O) groups is 2. The molecule has 0 aliphatic carbocycles. The molecule has 0 unspecified atom stereocenters. The van der Waals surface area contributed by atoms with Gasteiger partial charge in [0.2, 0.25) is 5.91 Å². The highest BCUT2D eigenvalue weighted by Crippen LogP contribution is 2.36. The molecule has 0 bridgehead atoms. The van der Waals surface area contributed by atoms with Gasteiger partial charge in [0.25, 0.3) is 5.91 Å². The zero-order valence-corrected chi connectivity index (χ0v) is 14.4. The number of rotatable bonds is 2. The molecule has 6 heteroatoms. The molecule has 0 saturated carbocycles. The quantitative estimate of drug-likeness (QED) is 0.775. The van der Waals surface area contributed by atoms with Gasteiger partial charge in [-0.15, -0.1) is 0 Å². The molecule has 1 spiro atoms. The second-order valence-corrected chi connectivity index (χ2v) is 6.85. The fourth-order valence-electron chi connectivity index (χ4n) is 3.64. The van der Waals surface area contributed by atoms with Gasteiger partial charge in [-0.1, -0.05) is 24.3 Å². The minimum atomic E-state index is -0.661. The lowest BCUT2D eigenvalue weighted by Crippen LogP contribution is -2.59. The van der Waals surface area contributed by atoms with Crippen LogP contribution in [0.5, 0.6) is 0 Å². The Kier molecular flexibility index (Phi) is 4.12. The Bertz CT molecular complexity index is 840. The van der Waals surface area contributed by atoms with Crippen LogP contribution in [-0.2, 0) is 11.4 Å². The first kappa shape index (κ1) is 16.6. The third-order valence-electron chi connectivity index (χ3n) is 5.27. The molecule has 2 amide bonds. The summed E-state index contributed by atoms with van der Waals surface area (Å²) in [6.45, 7) is 0.995. The maximum Gasteiger partial charge on any atom is 0.253 e. The number of benzene rings is 2. The van der Waals surface area contributed by atoms with E-state index in [1.807, 2.05) is 24.3 Å². The van der Waals surface area contributed by atoms with Crippen LogP contribution in [-0.4, -0.2) is 40.4 Å². The van der Waals surface area contributed by atoms with E-state index in [0.29, 0.717) is 31.5 Å². The van der Waals surface area contributed by atoms with Crippen LogP contribution in [0.4, 0.5) is 11.4 Å². The summed E-state index contributed by atoms with van der Waals surface area (Å²) < 4.78 is 0. The van der Waals surface area contributed by atoms with E-state index in [1.165, 1.54) is 0 Å². The summed E-state index contributed by atoms with van der Waals surface area (Å²) in [7, 11) is 0. The van der Waals surface area contributed by atoms with E-state index in [9.17, 15) is 9.59 Å². The lowest BCUT2D eigenvalue weighted by molar-refractivity contribution is -0.122. The first-order valence-electron chi connectivity index (χ1n) is 8.79. The third kappa shape index (κ3) is 2.82. The van der Waals surface area contributed by atoms with E-state index < -0.39 is 5.54 Å². The standard InChI is InChI=1S/C20H21N3O3/c24-13-14-5-7-15(8-6-14)18(25)23-11-9-20(10-12-23)19(26)21-16-3-1-2-4-17(16)22-20/h1-8,22,24H,9-13H2,(H,21,26). The van der Waals surface area contributed by atoms with E-state index in [1.54, 1.807) is 29.2 Å². The number of aliphatic hydroxyl groups is 1. The highest BCUT2D eigenvalue weighted by atomic mass is 16.3. The molecule has 2 aliphatic heterocycles. The number of likely N-dealkylation sites (tertiary alicyclic amines) is 1. The molecule has 3 N–H and O–H groups in total. The summed E-state index contributed by atoms with van der Waals surface area (Å²) in [6.07, 6.45) is 1.13.